The van der Waals surface area contributed by atoms with Crippen LogP contribution in [0.15, 0.2) is 47.1 Å². The summed E-state index contributed by atoms with van der Waals surface area (Å²) in [6, 6.07) is 0. The van der Waals surface area contributed by atoms with Crippen molar-refractivity contribution in [2.45, 2.75) is 51.7 Å². The van der Waals surface area contributed by atoms with Crippen LogP contribution in [0.1, 0.15) is 40.5 Å². The van der Waals surface area contributed by atoms with Crippen LogP contribution in [0, 0.1) is 0 Å². The summed E-state index contributed by atoms with van der Waals surface area (Å²) in [5, 5.41) is 3.27. The quantitative estimate of drug-likeness (QED) is 0.790. The molecular weight excluding hydrogens is 261 g/mol. The fraction of sp³-hybridized carbons (Fsp3) is 0.529. The molecule has 0 amide bonds. The van der Waals surface area contributed by atoms with Gasteiger partial charge in [-0.2, -0.15) is 0 Å². The Bertz CT molecular complexity index is 539. The maximum atomic E-state index is 6.16. The van der Waals surface area contributed by atoms with Crippen molar-refractivity contribution in [3.8, 4) is 0 Å². The van der Waals surface area contributed by atoms with Gasteiger partial charge in [0.05, 0.1) is 11.2 Å². The highest BCUT2D eigenvalue weighted by Gasteiger charge is 2.52. The zero-order chi connectivity index (χ0) is 15.1. The smallest absolute Gasteiger partial charge is 0.399 e. The molecule has 0 atom stereocenters. The van der Waals surface area contributed by atoms with Gasteiger partial charge in [0.15, 0.2) is 0 Å². The number of nitrogens with one attached hydrogen (secondary N) is 1. The molecule has 0 aromatic rings. The summed E-state index contributed by atoms with van der Waals surface area (Å²) in [6.07, 6.45) is 12.9. The maximum Gasteiger partial charge on any atom is 0.494 e. The van der Waals surface area contributed by atoms with Crippen LogP contribution in [0.3, 0.4) is 0 Å². The van der Waals surface area contributed by atoms with Gasteiger partial charge in [0.2, 0.25) is 0 Å². The Morgan fingerprint density at radius 1 is 1.10 bits per heavy atom. The van der Waals surface area contributed by atoms with Gasteiger partial charge in [-0.15, -0.1) is 0 Å². The Hall–Kier alpha value is -1.26. The van der Waals surface area contributed by atoms with Crippen LogP contribution in [0.5, 0.6) is 0 Å². The minimum absolute atomic E-state index is 0.252. The van der Waals surface area contributed by atoms with Gasteiger partial charge in [0.1, 0.15) is 0 Å². The first-order valence-electron chi connectivity index (χ1n) is 7.75. The highest BCUT2D eigenvalue weighted by atomic mass is 16.7. The van der Waals surface area contributed by atoms with Gasteiger partial charge in [0.25, 0.3) is 0 Å². The van der Waals surface area contributed by atoms with E-state index in [4.69, 9.17) is 9.31 Å². The molecule has 112 valence electrons. The summed E-state index contributed by atoms with van der Waals surface area (Å²) in [4.78, 5) is 0. The third-order valence-corrected chi connectivity index (χ3v) is 4.88. The molecule has 0 aromatic heterocycles. The van der Waals surface area contributed by atoms with Gasteiger partial charge in [-0.05, 0) is 69.4 Å². The lowest BCUT2D eigenvalue weighted by Crippen LogP contribution is -2.41. The molecule has 0 radical (unpaired) electrons. The molecule has 0 bridgehead atoms. The normalized spacial score (nSPS) is 26.9. The van der Waals surface area contributed by atoms with E-state index < -0.39 is 0 Å². The van der Waals surface area contributed by atoms with E-state index in [2.05, 4.69) is 57.3 Å². The van der Waals surface area contributed by atoms with Crippen molar-refractivity contribution in [2.75, 3.05) is 6.54 Å². The van der Waals surface area contributed by atoms with E-state index in [1.807, 2.05) is 6.20 Å². The molecule has 0 unspecified atom stereocenters. The summed E-state index contributed by atoms with van der Waals surface area (Å²) >= 11 is 0. The second kappa shape index (κ2) is 5.18. The third kappa shape index (κ3) is 2.75. The summed E-state index contributed by atoms with van der Waals surface area (Å²) in [5.41, 5.74) is 3.35. The monoisotopic (exact) mass is 285 g/mol. The molecule has 1 fully saturated rings. The minimum Gasteiger partial charge on any atom is -0.399 e. The number of rotatable bonds is 2. The zero-order valence-corrected chi connectivity index (χ0v) is 13.4. The van der Waals surface area contributed by atoms with Crippen molar-refractivity contribution in [3.05, 3.63) is 47.1 Å². The Balaban J connectivity index is 1.81. The molecule has 2 heterocycles. The van der Waals surface area contributed by atoms with Gasteiger partial charge in [-0.1, -0.05) is 18.2 Å². The first kappa shape index (κ1) is 14.7. The summed E-state index contributed by atoms with van der Waals surface area (Å²) < 4.78 is 12.3. The number of allylic oxidation sites excluding steroid dienone is 5. The molecule has 3 nitrogen and oxygen atoms in total. The Morgan fingerprint density at radius 2 is 1.81 bits per heavy atom. The lowest BCUT2D eigenvalue weighted by atomic mass is 9.73. The highest BCUT2D eigenvalue weighted by Crippen LogP contribution is 2.40. The second-order valence-electron chi connectivity index (χ2n) is 6.93. The number of hydrogen-bond donors (Lipinski definition) is 1. The van der Waals surface area contributed by atoms with Crippen LogP contribution in [0.2, 0.25) is 0 Å². The largest absolute Gasteiger partial charge is 0.494 e. The van der Waals surface area contributed by atoms with Crippen molar-refractivity contribution >= 4 is 7.12 Å². The lowest BCUT2D eigenvalue weighted by Gasteiger charge is -2.32. The molecule has 1 aliphatic carbocycles. The topological polar surface area (TPSA) is 30.5 Å². The maximum absolute atomic E-state index is 6.16. The lowest BCUT2D eigenvalue weighted by molar-refractivity contribution is 0.00578. The Labute approximate surface area is 127 Å². The SMILES string of the molecule is CC1(C)OB(C2=CCCC(C3=CC=CNC3)=C2)OC1(C)C. The van der Waals surface area contributed by atoms with Crippen molar-refractivity contribution in [3.63, 3.8) is 0 Å². The molecule has 0 aromatic carbocycles. The summed E-state index contributed by atoms with van der Waals surface area (Å²) in [6.45, 7) is 9.29. The zero-order valence-electron chi connectivity index (χ0n) is 13.4. The highest BCUT2D eigenvalue weighted by molar-refractivity contribution is 6.55. The summed E-state index contributed by atoms with van der Waals surface area (Å²) in [5.74, 6) is 0. The predicted octanol–water partition coefficient (Wildman–Crippen LogP) is 3.31. The van der Waals surface area contributed by atoms with Crippen LogP contribution in [-0.2, 0) is 9.31 Å². The van der Waals surface area contributed by atoms with E-state index in [0.29, 0.717) is 0 Å². The molecule has 21 heavy (non-hydrogen) atoms. The minimum atomic E-state index is -0.279. The molecular formula is C17H24BNO2. The van der Waals surface area contributed by atoms with Crippen molar-refractivity contribution in [2.24, 2.45) is 0 Å². The molecule has 4 heteroatoms. The second-order valence-corrected chi connectivity index (χ2v) is 6.93. The van der Waals surface area contributed by atoms with E-state index in [1.54, 1.807) is 0 Å². The van der Waals surface area contributed by atoms with Crippen LogP contribution in [0.4, 0.5) is 0 Å². The molecule has 3 aliphatic rings. The average molecular weight is 285 g/mol. The van der Waals surface area contributed by atoms with Crippen LogP contribution in [0.25, 0.3) is 0 Å². The molecule has 0 spiro atoms. The van der Waals surface area contributed by atoms with Crippen LogP contribution >= 0.6 is 0 Å². The summed E-state index contributed by atoms with van der Waals surface area (Å²) in [7, 11) is -0.252. The standard InChI is InChI=1S/C17H24BNO2/c1-16(2)17(3,4)21-18(20-16)15-9-5-7-13(11-15)14-8-6-10-19-12-14/h6,8-11,19H,5,7,12H2,1-4H3. The molecule has 3 rings (SSSR count). The fourth-order valence-corrected chi connectivity index (χ4v) is 2.80. The predicted molar refractivity (Wildman–Crippen MR) is 86.7 cm³/mol. The molecule has 0 saturated carbocycles. The number of dihydropyridines is 1. The third-order valence-electron chi connectivity index (χ3n) is 4.88. The van der Waals surface area contributed by atoms with Gasteiger partial charge < -0.3 is 14.6 Å². The van der Waals surface area contributed by atoms with Gasteiger partial charge in [-0.3, -0.25) is 0 Å². The van der Waals surface area contributed by atoms with Crippen LogP contribution in [-0.4, -0.2) is 24.9 Å². The molecule has 1 saturated heterocycles. The average Bonchev–Trinajstić information content (AvgIpc) is 2.69. The van der Waals surface area contributed by atoms with Gasteiger partial charge in [0, 0.05) is 6.54 Å². The number of hydrogen-bond acceptors (Lipinski definition) is 3. The van der Waals surface area contributed by atoms with Crippen molar-refractivity contribution < 1.29 is 9.31 Å². The fourth-order valence-electron chi connectivity index (χ4n) is 2.80. The van der Waals surface area contributed by atoms with Gasteiger partial charge >= 0.3 is 7.12 Å². The van der Waals surface area contributed by atoms with Crippen molar-refractivity contribution in [1.29, 1.82) is 0 Å². The van der Waals surface area contributed by atoms with E-state index in [9.17, 15) is 0 Å². The molecule has 1 N–H and O–H groups in total. The van der Waals surface area contributed by atoms with Crippen molar-refractivity contribution in [1.82, 2.24) is 5.32 Å². The van der Waals surface area contributed by atoms with E-state index >= 15 is 0 Å². The Morgan fingerprint density at radius 3 is 2.43 bits per heavy atom. The first-order valence-corrected chi connectivity index (χ1v) is 7.75. The van der Waals surface area contributed by atoms with Gasteiger partial charge in [-0.25, -0.2) is 0 Å². The van der Waals surface area contributed by atoms with E-state index in [0.717, 1.165) is 24.9 Å². The van der Waals surface area contributed by atoms with E-state index in [-0.39, 0.29) is 18.3 Å². The molecule has 2 aliphatic heterocycles. The Kier molecular flexibility index (Phi) is 3.62. The van der Waals surface area contributed by atoms with Crippen LogP contribution < -0.4 is 5.32 Å². The first-order chi connectivity index (χ1) is 9.89. The van der Waals surface area contributed by atoms with E-state index in [1.165, 1.54) is 11.1 Å².